The predicted molar refractivity (Wildman–Crippen MR) is 72.0 cm³/mol. The third-order valence-electron chi connectivity index (χ3n) is 2.68. The zero-order valence-electron chi connectivity index (χ0n) is 9.37. The Kier molecular flexibility index (Phi) is 4.46. The van der Waals surface area contributed by atoms with E-state index in [9.17, 15) is 0 Å². The molecular weight excluding hydrogens is 286 g/mol. The lowest BCUT2D eigenvalue weighted by Gasteiger charge is -2.11. The smallest absolute Gasteiger partial charge is 0.144 e. The van der Waals surface area contributed by atoms with Crippen LogP contribution in [0.5, 0.6) is 0 Å². The van der Waals surface area contributed by atoms with Crippen molar-refractivity contribution in [2.24, 2.45) is 0 Å². The van der Waals surface area contributed by atoms with E-state index in [0.717, 1.165) is 27.1 Å². The van der Waals surface area contributed by atoms with Crippen LogP contribution in [0.4, 0.5) is 5.82 Å². The number of hydrogen-bond donors (Lipinski definition) is 1. The fourth-order valence-electron chi connectivity index (χ4n) is 1.89. The van der Waals surface area contributed by atoms with Gasteiger partial charge in [0.25, 0.3) is 0 Å². The van der Waals surface area contributed by atoms with Crippen LogP contribution in [0.25, 0.3) is 0 Å². The van der Waals surface area contributed by atoms with E-state index in [2.05, 4.69) is 38.1 Å². The highest BCUT2D eigenvalue weighted by Crippen LogP contribution is 2.38. The van der Waals surface area contributed by atoms with Crippen molar-refractivity contribution in [3.05, 3.63) is 10.8 Å². The maximum absolute atomic E-state index is 4.35. The minimum atomic E-state index is 0.737. The minimum absolute atomic E-state index is 0.737. The zero-order valence-corrected chi connectivity index (χ0v) is 11.8. The second-order valence-corrected chi connectivity index (χ2v) is 5.98. The topological polar surface area (TPSA) is 37.8 Å². The van der Waals surface area contributed by atoms with Crippen LogP contribution in [-0.4, -0.2) is 21.8 Å². The molecule has 16 heavy (non-hydrogen) atoms. The molecule has 1 aromatic heterocycles. The Labute approximate surface area is 109 Å². The summed E-state index contributed by atoms with van der Waals surface area (Å²) in [5.41, 5.74) is 0. The van der Waals surface area contributed by atoms with Crippen molar-refractivity contribution in [1.82, 2.24) is 9.97 Å². The number of halogens is 1. The molecule has 3 nitrogen and oxygen atoms in total. The summed E-state index contributed by atoms with van der Waals surface area (Å²) >= 11 is 5.46. The first-order chi connectivity index (χ1) is 7.81. The Hall–Kier alpha value is -0.290. The van der Waals surface area contributed by atoms with Crippen molar-refractivity contribution >= 4 is 33.5 Å². The number of hydrogen-bond acceptors (Lipinski definition) is 4. The standard InChI is InChI=1S/C11H16BrN3S/c1-2-13-10-9(12)11(15-7-14-10)16-8-5-3-4-6-8/h7-8H,2-6H2,1H3,(H,13,14,15). The number of aromatic nitrogens is 2. The summed E-state index contributed by atoms with van der Waals surface area (Å²) < 4.78 is 1.01. The summed E-state index contributed by atoms with van der Waals surface area (Å²) in [5.74, 6) is 0.901. The first-order valence-electron chi connectivity index (χ1n) is 5.72. The molecule has 0 unspecified atom stereocenters. The third kappa shape index (κ3) is 2.88. The molecule has 0 aliphatic heterocycles. The highest BCUT2D eigenvalue weighted by Gasteiger charge is 2.19. The van der Waals surface area contributed by atoms with Gasteiger partial charge in [0.15, 0.2) is 0 Å². The van der Waals surface area contributed by atoms with E-state index < -0.39 is 0 Å². The molecule has 1 saturated carbocycles. The lowest BCUT2D eigenvalue weighted by atomic mass is 10.4. The molecule has 1 heterocycles. The van der Waals surface area contributed by atoms with Crippen molar-refractivity contribution in [2.75, 3.05) is 11.9 Å². The average molecular weight is 302 g/mol. The van der Waals surface area contributed by atoms with Gasteiger partial charge >= 0.3 is 0 Å². The molecule has 0 saturated heterocycles. The van der Waals surface area contributed by atoms with Crippen molar-refractivity contribution < 1.29 is 0 Å². The Balaban J connectivity index is 2.10. The summed E-state index contributed by atoms with van der Waals surface area (Å²) in [7, 11) is 0. The number of rotatable bonds is 4. The second kappa shape index (κ2) is 5.87. The molecule has 5 heteroatoms. The predicted octanol–water partition coefficient (Wildman–Crippen LogP) is 3.71. The van der Waals surface area contributed by atoms with Crippen LogP contribution in [0.1, 0.15) is 32.6 Å². The van der Waals surface area contributed by atoms with Gasteiger partial charge in [0, 0.05) is 11.8 Å². The zero-order chi connectivity index (χ0) is 11.4. The van der Waals surface area contributed by atoms with Crippen LogP contribution in [0.2, 0.25) is 0 Å². The van der Waals surface area contributed by atoms with Crippen molar-refractivity contribution in [3.8, 4) is 0 Å². The van der Waals surface area contributed by atoms with E-state index in [-0.39, 0.29) is 0 Å². The summed E-state index contributed by atoms with van der Waals surface area (Å²) in [6.07, 6.45) is 7.00. The van der Waals surface area contributed by atoms with Gasteiger partial charge in [0.05, 0.1) is 4.47 Å². The lowest BCUT2D eigenvalue weighted by Crippen LogP contribution is -2.03. The Morgan fingerprint density at radius 2 is 2.19 bits per heavy atom. The van der Waals surface area contributed by atoms with Gasteiger partial charge in [0.2, 0.25) is 0 Å². The van der Waals surface area contributed by atoms with Crippen molar-refractivity contribution in [1.29, 1.82) is 0 Å². The molecule has 1 fully saturated rings. The van der Waals surface area contributed by atoms with E-state index >= 15 is 0 Å². The lowest BCUT2D eigenvalue weighted by molar-refractivity contribution is 0.886. The van der Waals surface area contributed by atoms with Gasteiger partial charge < -0.3 is 5.32 Å². The largest absolute Gasteiger partial charge is 0.369 e. The first kappa shape index (κ1) is 12.2. The minimum Gasteiger partial charge on any atom is -0.369 e. The summed E-state index contributed by atoms with van der Waals surface area (Å²) in [5, 5.41) is 5.03. The van der Waals surface area contributed by atoms with Crippen LogP contribution >= 0.6 is 27.7 Å². The van der Waals surface area contributed by atoms with E-state index in [4.69, 9.17) is 0 Å². The number of nitrogens with zero attached hydrogens (tertiary/aromatic N) is 2. The first-order valence-corrected chi connectivity index (χ1v) is 7.39. The van der Waals surface area contributed by atoms with Gasteiger partial charge in [-0.2, -0.15) is 0 Å². The van der Waals surface area contributed by atoms with Crippen LogP contribution in [-0.2, 0) is 0 Å². The van der Waals surface area contributed by atoms with Gasteiger partial charge in [-0.25, -0.2) is 9.97 Å². The van der Waals surface area contributed by atoms with Gasteiger partial charge in [-0.05, 0) is 35.7 Å². The molecule has 2 rings (SSSR count). The normalized spacial score (nSPS) is 16.6. The van der Waals surface area contributed by atoms with Crippen LogP contribution in [0.15, 0.2) is 15.8 Å². The average Bonchev–Trinajstić information content (AvgIpc) is 2.77. The van der Waals surface area contributed by atoms with Crippen LogP contribution in [0, 0.1) is 0 Å². The van der Waals surface area contributed by atoms with E-state index in [1.54, 1.807) is 6.33 Å². The molecule has 0 aromatic carbocycles. The molecule has 1 aromatic rings. The number of nitrogens with one attached hydrogen (secondary N) is 1. The molecule has 0 bridgehead atoms. The van der Waals surface area contributed by atoms with Crippen molar-refractivity contribution in [3.63, 3.8) is 0 Å². The van der Waals surface area contributed by atoms with Gasteiger partial charge in [-0.3, -0.25) is 0 Å². The summed E-state index contributed by atoms with van der Waals surface area (Å²) in [6, 6.07) is 0. The monoisotopic (exact) mass is 301 g/mol. The Morgan fingerprint density at radius 3 is 2.88 bits per heavy atom. The van der Waals surface area contributed by atoms with E-state index in [1.807, 2.05) is 11.8 Å². The fourth-order valence-corrected chi connectivity index (χ4v) is 3.71. The number of thioether (sulfide) groups is 1. The molecule has 0 atom stereocenters. The second-order valence-electron chi connectivity index (χ2n) is 3.90. The SMILES string of the molecule is CCNc1ncnc(SC2CCCC2)c1Br. The molecule has 0 radical (unpaired) electrons. The third-order valence-corrected chi connectivity index (χ3v) is 5.03. The van der Waals surface area contributed by atoms with E-state index in [1.165, 1.54) is 25.7 Å². The van der Waals surface area contributed by atoms with Crippen LogP contribution < -0.4 is 5.32 Å². The van der Waals surface area contributed by atoms with Crippen molar-refractivity contribution in [2.45, 2.75) is 42.9 Å². The summed E-state index contributed by atoms with van der Waals surface area (Å²) in [4.78, 5) is 8.57. The van der Waals surface area contributed by atoms with Gasteiger partial charge in [0.1, 0.15) is 17.2 Å². The molecule has 1 N–H and O–H groups in total. The highest BCUT2D eigenvalue weighted by molar-refractivity contribution is 9.10. The van der Waals surface area contributed by atoms with Crippen LogP contribution in [0.3, 0.4) is 0 Å². The van der Waals surface area contributed by atoms with Gasteiger partial charge in [-0.1, -0.05) is 12.8 Å². The molecular formula is C11H16BrN3S. The maximum Gasteiger partial charge on any atom is 0.144 e. The molecule has 1 aliphatic rings. The maximum atomic E-state index is 4.35. The molecule has 0 spiro atoms. The summed E-state index contributed by atoms with van der Waals surface area (Å²) in [6.45, 7) is 2.95. The highest BCUT2D eigenvalue weighted by atomic mass is 79.9. The molecule has 0 amide bonds. The Morgan fingerprint density at radius 1 is 1.44 bits per heavy atom. The molecule has 88 valence electrons. The fraction of sp³-hybridized carbons (Fsp3) is 0.636. The Bertz CT molecular complexity index is 353. The molecule has 1 aliphatic carbocycles. The quantitative estimate of drug-likeness (QED) is 0.861. The number of anilines is 1. The van der Waals surface area contributed by atoms with E-state index in [0.29, 0.717) is 0 Å². The van der Waals surface area contributed by atoms with Gasteiger partial charge in [-0.15, -0.1) is 11.8 Å².